The van der Waals surface area contributed by atoms with Gasteiger partial charge in [-0.1, -0.05) is 0 Å². The second-order valence-corrected chi connectivity index (χ2v) is 5.91. The van der Waals surface area contributed by atoms with Crippen LogP contribution in [0.1, 0.15) is 6.42 Å². The molecule has 4 nitrogen and oxygen atoms in total. The highest BCUT2D eigenvalue weighted by atomic mass is 32.3. The number of carbonyl (C=O) groups excluding carboxylic acids is 1. The van der Waals surface area contributed by atoms with Crippen LogP contribution in [-0.4, -0.2) is 26.6 Å². The van der Waals surface area contributed by atoms with E-state index in [-0.39, 0.29) is 19.0 Å². The Bertz CT molecular complexity index is 662. The van der Waals surface area contributed by atoms with Crippen LogP contribution < -0.4 is 4.90 Å². The second-order valence-electron chi connectivity index (χ2n) is 4.50. The van der Waals surface area contributed by atoms with Gasteiger partial charge >= 0.3 is 10.2 Å². The number of hydrogen-bond acceptors (Lipinski definition) is 3. The zero-order valence-electron chi connectivity index (χ0n) is 9.95. The van der Waals surface area contributed by atoms with Crippen LogP contribution >= 0.6 is 0 Å². The molecule has 0 aliphatic carbocycles. The maximum atomic E-state index is 13.5. The van der Waals surface area contributed by atoms with E-state index >= 15 is 0 Å². The first kappa shape index (κ1) is 14.8. The van der Waals surface area contributed by atoms with Gasteiger partial charge in [0.25, 0.3) is 0 Å². The van der Waals surface area contributed by atoms with Crippen LogP contribution in [0.3, 0.4) is 0 Å². The first-order valence-corrected chi connectivity index (χ1v) is 7.10. The number of benzene rings is 1. The smallest absolute Gasteiger partial charge is 0.302 e. The molecule has 1 saturated heterocycles. The molecule has 1 aliphatic heterocycles. The lowest BCUT2D eigenvalue weighted by Crippen LogP contribution is -2.26. The highest BCUT2D eigenvalue weighted by Gasteiger charge is 2.35. The lowest BCUT2D eigenvalue weighted by molar-refractivity contribution is -0.117. The fourth-order valence-electron chi connectivity index (χ4n) is 2.13. The summed E-state index contributed by atoms with van der Waals surface area (Å²) in [5.74, 6) is -6.30. The molecule has 0 radical (unpaired) electrons. The second kappa shape index (κ2) is 5.04. The fraction of sp³-hybridized carbons (Fsp3) is 0.364. The van der Waals surface area contributed by atoms with Crippen molar-refractivity contribution >= 4 is 21.8 Å². The minimum atomic E-state index is -4.77. The molecule has 0 bridgehead atoms. The number of halogens is 4. The molecule has 1 aromatic rings. The summed E-state index contributed by atoms with van der Waals surface area (Å²) < 4.78 is 73.0. The van der Waals surface area contributed by atoms with Crippen molar-refractivity contribution in [2.24, 2.45) is 5.92 Å². The molecule has 2 rings (SSSR count). The predicted octanol–water partition coefficient (Wildman–Crippen LogP) is 1.76. The zero-order valence-corrected chi connectivity index (χ0v) is 10.8. The van der Waals surface area contributed by atoms with Gasteiger partial charge in [0.15, 0.2) is 11.6 Å². The Kier molecular flexibility index (Phi) is 3.72. The van der Waals surface area contributed by atoms with Gasteiger partial charge in [0.05, 0.1) is 11.4 Å². The maximum Gasteiger partial charge on any atom is 0.302 e. The van der Waals surface area contributed by atoms with Crippen LogP contribution in [0, 0.1) is 23.4 Å². The van der Waals surface area contributed by atoms with Gasteiger partial charge in [-0.15, -0.1) is 3.89 Å². The molecule has 1 fully saturated rings. The summed E-state index contributed by atoms with van der Waals surface area (Å²) in [6.45, 7) is -0.274. The Morgan fingerprint density at radius 1 is 1.15 bits per heavy atom. The fourth-order valence-corrected chi connectivity index (χ4v) is 2.91. The van der Waals surface area contributed by atoms with Crippen molar-refractivity contribution in [1.29, 1.82) is 0 Å². The molecule has 110 valence electrons. The Hall–Kier alpha value is -1.64. The molecule has 1 unspecified atom stereocenters. The standard InChI is InChI=1S/C11H9F4NO3S/c12-7-2-9(14)10(3-8(7)13)16-4-6(1-11(16)17)5-20(15,18)19/h2-3,6H,1,4-5H2. The van der Waals surface area contributed by atoms with E-state index < -0.39 is 50.9 Å². The molecule has 0 spiro atoms. The van der Waals surface area contributed by atoms with Crippen LogP contribution in [0.2, 0.25) is 0 Å². The number of anilines is 1. The predicted molar refractivity (Wildman–Crippen MR) is 61.7 cm³/mol. The number of amides is 1. The van der Waals surface area contributed by atoms with Crippen molar-refractivity contribution in [3.05, 3.63) is 29.6 Å². The van der Waals surface area contributed by atoms with Gasteiger partial charge in [0.2, 0.25) is 5.91 Å². The summed E-state index contributed by atoms with van der Waals surface area (Å²) in [6.07, 6.45) is -0.304. The Labute approximate surface area is 112 Å². The van der Waals surface area contributed by atoms with E-state index in [0.717, 1.165) is 4.90 Å². The van der Waals surface area contributed by atoms with Crippen LogP contribution in [-0.2, 0) is 15.0 Å². The minimum Gasteiger partial charge on any atom is -0.309 e. The third kappa shape index (κ3) is 3.09. The van der Waals surface area contributed by atoms with Crippen molar-refractivity contribution in [3.63, 3.8) is 0 Å². The maximum absolute atomic E-state index is 13.5. The molecule has 0 N–H and O–H groups in total. The molecule has 0 aromatic heterocycles. The van der Waals surface area contributed by atoms with E-state index in [1.54, 1.807) is 0 Å². The summed E-state index contributed by atoms with van der Waals surface area (Å²) >= 11 is 0. The first-order valence-electron chi connectivity index (χ1n) is 5.54. The van der Waals surface area contributed by atoms with Gasteiger partial charge < -0.3 is 4.90 Å². The Morgan fingerprint density at radius 3 is 2.35 bits per heavy atom. The molecule has 1 atom stereocenters. The van der Waals surface area contributed by atoms with Gasteiger partial charge in [-0.2, -0.15) is 8.42 Å². The largest absolute Gasteiger partial charge is 0.309 e. The summed E-state index contributed by atoms with van der Waals surface area (Å²) in [5, 5.41) is 0. The molecular formula is C11H9F4NO3S. The Morgan fingerprint density at radius 2 is 1.75 bits per heavy atom. The van der Waals surface area contributed by atoms with E-state index in [0.29, 0.717) is 6.07 Å². The van der Waals surface area contributed by atoms with Crippen LogP contribution in [0.25, 0.3) is 0 Å². The molecule has 20 heavy (non-hydrogen) atoms. The summed E-state index contributed by atoms with van der Waals surface area (Å²) in [7, 11) is -4.77. The number of rotatable bonds is 3. The monoisotopic (exact) mass is 311 g/mol. The SMILES string of the molecule is O=C1CC(CS(=O)(=O)F)CN1c1cc(F)c(F)cc1F. The van der Waals surface area contributed by atoms with Gasteiger partial charge in [-0.3, -0.25) is 4.79 Å². The molecule has 1 aromatic carbocycles. The van der Waals surface area contributed by atoms with Gasteiger partial charge in [-0.25, -0.2) is 13.2 Å². The first-order chi connectivity index (χ1) is 9.17. The van der Waals surface area contributed by atoms with Crippen LogP contribution in [0.15, 0.2) is 12.1 Å². The van der Waals surface area contributed by atoms with Crippen molar-refractivity contribution in [1.82, 2.24) is 0 Å². The molecule has 0 saturated carbocycles. The normalized spacial score (nSPS) is 19.7. The number of nitrogens with zero attached hydrogens (tertiary/aromatic N) is 1. The van der Waals surface area contributed by atoms with E-state index in [2.05, 4.69) is 0 Å². The zero-order chi connectivity index (χ0) is 15.1. The quantitative estimate of drug-likeness (QED) is 0.485. The van der Waals surface area contributed by atoms with Crippen molar-refractivity contribution in [2.45, 2.75) is 6.42 Å². The molecule has 1 heterocycles. The lowest BCUT2D eigenvalue weighted by atomic mass is 10.1. The van der Waals surface area contributed by atoms with Crippen molar-refractivity contribution in [3.8, 4) is 0 Å². The van der Waals surface area contributed by atoms with Crippen molar-refractivity contribution in [2.75, 3.05) is 17.2 Å². The van der Waals surface area contributed by atoms with E-state index in [1.807, 2.05) is 0 Å². The molecule has 1 aliphatic rings. The van der Waals surface area contributed by atoms with Crippen LogP contribution in [0.4, 0.5) is 22.7 Å². The lowest BCUT2D eigenvalue weighted by Gasteiger charge is -2.17. The summed E-state index contributed by atoms with van der Waals surface area (Å²) in [6, 6.07) is 0.798. The molecule has 1 amide bonds. The summed E-state index contributed by atoms with van der Waals surface area (Å²) in [4.78, 5) is 12.4. The number of hydrogen-bond donors (Lipinski definition) is 0. The molecular weight excluding hydrogens is 302 g/mol. The van der Waals surface area contributed by atoms with E-state index in [1.165, 1.54) is 0 Å². The van der Waals surface area contributed by atoms with Gasteiger partial charge in [-0.05, 0) is 0 Å². The van der Waals surface area contributed by atoms with Crippen LogP contribution in [0.5, 0.6) is 0 Å². The topological polar surface area (TPSA) is 54.5 Å². The van der Waals surface area contributed by atoms with Gasteiger partial charge in [0, 0.05) is 31.0 Å². The third-order valence-corrected chi connectivity index (χ3v) is 3.79. The summed E-state index contributed by atoms with van der Waals surface area (Å²) in [5.41, 5.74) is -0.493. The highest BCUT2D eigenvalue weighted by molar-refractivity contribution is 7.86. The average Bonchev–Trinajstić information content (AvgIpc) is 2.62. The average molecular weight is 311 g/mol. The van der Waals surface area contributed by atoms with Crippen molar-refractivity contribution < 1.29 is 30.3 Å². The number of carbonyl (C=O) groups is 1. The minimum absolute atomic E-state index is 0.274. The highest BCUT2D eigenvalue weighted by Crippen LogP contribution is 2.29. The third-order valence-electron chi connectivity index (χ3n) is 2.92. The van der Waals surface area contributed by atoms with E-state index in [9.17, 15) is 30.3 Å². The van der Waals surface area contributed by atoms with E-state index in [4.69, 9.17) is 0 Å². The Balaban J connectivity index is 2.26. The molecule has 9 heteroatoms. The van der Waals surface area contributed by atoms with Gasteiger partial charge in [0.1, 0.15) is 5.82 Å².